The molecule has 1 aliphatic heterocycles. The Bertz CT molecular complexity index is 498. The first-order valence-electron chi connectivity index (χ1n) is 7.31. The number of amides is 1. The van der Waals surface area contributed by atoms with E-state index in [0.717, 1.165) is 12.8 Å². The Kier molecular flexibility index (Phi) is 3.31. The standard InChI is InChI=1S/C16H22N2O/c1-11(19)18-15(10-17)7-8-16(18)14-6-5-12-3-2-4-13(12)9-14/h5-6,9,15-16H,2-4,7-8,10,17H2,1H3. The van der Waals surface area contributed by atoms with Crippen LogP contribution in [0.1, 0.15) is 48.9 Å². The monoisotopic (exact) mass is 258 g/mol. The zero-order chi connectivity index (χ0) is 13.4. The molecule has 1 aromatic carbocycles. The fourth-order valence-corrected chi connectivity index (χ4v) is 3.72. The van der Waals surface area contributed by atoms with E-state index in [-0.39, 0.29) is 18.0 Å². The quantitative estimate of drug-likeness (QED) is 0.884. The molecule has 1 aliphatic carbocycles. The third-order valence-corrected chi connectivity index (χ3v) is 4.65. The third-order valence-electron chi connectivity index (χ3n) is 4.65. The number of aryl methyl sites for hydroxylation is 2. The van der Waals surface area contributed by atoms with Gasteiger partial charge < -0.3 is 10.6 Å². The normalized spacial score (nSPS) is 25.7. The van der Waals surface area contributed by atoms with E-state index >= 15 is 0 Å². The van der Waals surface area contributed by atoms with E-state index in [2.05, 4.69) is 18.2 Å². The number of hydrogen-bond donors (Lipinski definition) is 1. The molecule has 0 saturated carbocycles. The van der Waals surface area contributed by atoms with Crippen molar-refractivity contribution in [3.8, 4) is 0 Å². The summed E-state index contributed by atoms with van der Waals surface area (Å²) in [4.78, 5) is 13.9. The van der Waals surface area contributed by atoms with Crippen molar-refractivity contribution in [3.63, 3.8) is 0 Å². The molecule has 1 fully saturated rings. The summed E-state index contributed by atoms with van der Waals surface area (Å²) in [6.07, 6.45) is 5.74. The fourth-order valence-electron chi connectivity index (χ4n) is 3.72. The van der Waals surface area contributed by atoms with E-state index in [0.29, 0.717) is 6.54 Å². The van der Waals surface area contributed by atoms with Crippen molar-refractivity contribution < 1.29 is 4.79 Å². The Morgan fingerprint density at radius 3 is 2.84 bits per heavy atom. The maximum absolute atomic E-state index is 11.9. The zero-order valence-corrected chi connectivity index (χ0v) is 11.6. The van der Waals surface area contributed by atoms with E-state index in [1.807, 2.05) is 4.90 Å². The lowest BCUT2D eigenvalue weighted by molar-refractivity contribution is -0.131. The first-order valence-corrected chi connectivity index (χ1v) is 7.31. The van der Waals surface area contributed by atoms with Gasteiger partial charge in [0.1, 0.15) is 0 Å². The smallest absolute Gasteiger partial charge is 0.220 e. The van der Waals surface area contributed by atoms with E-state index in [4.69, 9.17) is 5.73 Å². The molecular weight excluding hydrogens is 236 g/mol. The maximum atomic E-state index is 11.9. The Balaban J connectivity index is 1.91. The van der Waals surface area contributed by atoms with Crippen molar-refractivity contribution >= 4 is 5.91 Å². The van der Waals surface area contributed by atoms with Crippen molar-refractivity contribution in [1.82, 2.24) is 4.90 Å². The van der Waals surface area contributed by atoms with Gasteiger partial charge in [0, 0.05) is 19.5 Å². The maximum Gasteiger partial charge on any atom is 0.220 e. The predicted molar refractivity (Wildman–Crippen MR) is 75.8 cm³/mol. The first-order chi connectivity index (χ1) is 9.20. The third kappa shape index (κ3) is 2.16. The van der Waals surface area contributed by atoms with Gasteiger partial charge in [-0.2, -0.15) is 0 Å². The molecule has 0 radical (unpaired) electrons. The first kappa shape index (κ1) is 12.7. The van der Waals surface area contributed by atoms with Gasteiger partial charge in [-0.25, -0.2) is 0 Å². The molecule has 2 unspecified atom stereocenters. The predicted octanol–water partition coefficient (Wildman–Crippen LogP) is 2.19. The second-order valence-corrected chi connectivity index (χ2v) is 5.79. The topological polar surface area (TPSA) is 46.3 Å². The largest absolute Gasteiger partial charge is 0.332 e. The molecule has 0 spiro atoms. The number of nitrogens with two attached hydrogens (primary N) is 1. The van der Waals surface area contributed by atoms with Crippen LogP contribution in [0, 0.1) is 0 Å². The molecule has 3 heteroatoms. The number of rotatable bonds is 2. The molecule has 3 rings (SSSR count). The van der Waals surface area contributed by atoms with Crippen LogP contribution in [0.25, 0.3) is 0 Å². The van der Waals surface area contributed by atoms with Gasteiger partial charge in [0.2, 0.25) is 5.91 Å². The Hall–Kier alpha value is -1.35. The molecule has 0 bridgehead atoms. The van der Waals surface area contributed by atoms with Crippen LogP contribution in [-0.2, 0) is 17.6 Å². The van der Waals surface area contributed by atoms with Gasteiger partial charge in [-0.15, -0.1) is 0 Å². The highest BCUT2D eigenvalue weighted by molar-refractivity contribution is 5.74. The van der Waals surface area contributed by atoms with Crippen LogP contribution in [0.4, 0.5) is 0 Å². The van der Waals surface area contributed by atoms with Gasteiger partial charge in [0.05, 0.1) is 6.04 Å². The second-order valence-electron chi connectivity index (χ2n) is 5.79. The highest BCUT2D eigenvalue weighted by atomic mass is 16.2. The molecule has 1 saturated heterocycles. The van der Waals surface area contributed by atoms with Gasteiger partial charge in [-0.05, 0) is 48.8 Å². The molecule has 1 heterocycles. The highest BCUT2D eigenvalue weighted by Gasteiger charge is 2.35. The number of likely N-dealkylation sites (tertiary alicyclic amines) is 1. The highest BCUT2D eigenvalue weighted by Crippen LogP contribution is 2.37. The van der Waals surface area contributed by atoms with Gasteiger partial charge in [-0.3, -0.25) is 4.79 Å². The molecule has 1 aromatic rings. The van der Waals surface area contributed by atoms with Crippen molar-refractivity contribution in [3.05, 3.63) is 34.9 Å². The van der Waals surface area contributed by atoms with Gasteiger partial charge in [0.25, 0.3) is 0 Å². The lowest BCUT2D eigenvalue weighted by Crippen LogP contribution is -2.40. The van der Waals surface area contributed by atoms with Crippen LogP contribution < -0.4 is 5.73 Å². The van der Waals surface area contributed by atoms with Crippen LogP contribution in [0.15, 0.2) is 18.2 Å². The average Bonchev–Trinajstić information content (AvgIpc) is 3.03. The fraction of sp³-hybridized carbons (Fsp3) is 0.562. The summed E-state index contributed by atoms with van der Waals surface area (Å²) >= 11 is 0. The minimum absolute atomic E-state index is 0.151. The molecule has 2 atom stereocenters. The number of fused-ring (bicyclic) bond motifs is 1. The summed E-state index contributed by atoms with van der Waals surface area (Å²) in [6.45, 7) is 2.23. The van der Waals surface area contributed by atoms with Gasteiger partial charge >= 0.3 is 0 Å². The number of benzene rings is 1. The van der Waals surface area contributed by atoms with Gasteiger partial charge in [0.15, 0.2) is 0 Å². The summed E-state index contributed by atoms with van der Waals surface area (Å²) in [5, 5.41) is 0. The molecule has 3 nitrogen and oxygen atoms in total. The van der Waals surface area contributed by atoms with Crippen LogP contribution in [0.3, 0.4) is 0 Å². The van der Waals surface area contributed by atoms with Gasteiger partial charge in [-0.1, -0.05) is 18.2 Å². The lowest BCUT2D eigenvalue weighted by Gasteiger charge is -2.29. The molecule has 102 valence electrons. The zero-order valence-electron chi connectivity index (χ0n) is 11.6. The average molecular weight is 258 g/mol. The number of carbonyl (C=O) groups is 1. The number of nitrogens with zero attached hydrogens (tertiary/aromatic N) is 1. The molecular formula is C16H22N2O. The van der Waals surface area contributed by atoms with Crippen molar-refractivity contribution in [2.45, 2.75) is 51.1 Å². The summed E-state index contributed by atoms with van der Waals surface area (Å²) < 4.78 is 0. The van der Waals surface area contributed by atoms with Crippen LogP contribution in [0.5, 0.6) is 0 Å². The molecule has 2 N–H and O–H groups in total. The van der Waals surface area contributed by atoms with Crippen molar-refractivity contribution in [2.24, 2.45) is 5.73 Å². The summed E-state index contributed by atoms with van der Waals surface area (Å²) in [6, 6.07) is 7.24. The minimum atomic E-state index is 0.151. The van der Waals surface area contributed by atoms with Crippen LogP contribution in [0.2, 0.25) is 0 Å². The Labute approximate surface area is 114 Å². The summed E-state index contributed by atoms with van der Waals surface area (Å²) in [5.41, 5.74) is 10.1. The van der Waals surface area contributed by atoms with Crippen LogP contribution >= 0.6 is 0 Å². The van der Waals surface area contributed by atoms with E-state index in [1.165, 1.54) is 36.0 Å². The second kappa shape index (κ2) is 4.97. The molecule has 2 aliphatic rings. The molecule has 0 aromatic heterocycles. The van der Waals surface area contributed by atoms with E-state index in [1.54, 1.807) is 6.92 Å². The lowest BCUT2D eigenvalue weighted by atomic mass is 9.99. The Morgan fingerprint density at radius 2 is 2.11 bits per heavy atom. The molecule has 19 heavy (non-hydrogen) atoms. The van der Waals surface area contributed by atoms with Crippen LogP contribution in [-0.4, -0.2) is 23.4 Å². The summed E-state index contributed by atoms with van der Waals surface area (Å²) in [7, 11) is 0. The summed E-state index contributed by atoms with van der Waals surface area (Å²) in [5.74, 6) is 0.151. The van der Waals surface area contributed by atoms with Crippen molar-refractivity contribution in [2.75, 3.05) is 6.54 Å². The number of hydrogen-bond acceptors (Lipinski definition) is 2. The number of carbonyl (C=O) groups excluding carboxylic acids is 1. The Morgan fingerprint density at radius 1 is 1.32 bits per heavy atom. The molecule has 1 amide bonds. The van der Waals surface area contributed by atoms with E-state index < -0.39 is 0 Å². The SMILES string of the molecule is CC(=O)N1C(CN)CCC1c1ccc2c(c1)CCC2. The van der Waals surface area contributed by atoms with E-state index in [9.17, 15) is 4.79 Å². The minimum Gasteiger partial charge on any atom is -0.332 e. The van der Waals surface area contributed by atoms with Crippen molar-refractivity contribution in [1.29, 1.82) is 0 Å².